The molecule has 132 valence electrons. The normalized spacial score (nSPS) is 20.1. The first kappa shape index (κ1) is 17.3. The average Bonchev–Trinajstić information content (AvgIpc) is 2.95. The molecule has 1 saturated heterocycles. The summed E-state index contributed by atoms with van der Waals surface area (Å²) in [5.74, 6) is -2.33. The summed E-state index contributed by atoms with van der Waals surface area (Å²) < 4.78 is 27.9. The number of aryl methyl sites for hydroxylation is 1. The zero-order valence-corrected chi connectivity index (χ0v) is 13.7. The Bertz CT molecular complexity index is 866. The van der Waals surface area contributed by atoms with Crippen molar-refractivity contribution in [3.05, 3.63) is 69.6 Å². The molecule has 0 unspecified atom stereocenters. The lowest BCUT2D eigenvalue weighted by Gasteiger charge is -2.25. The molecule has 1 fully saturated rings. The third-order valence-corrected chi connectivity index (χ3v) is 4.38. The molecule has 2 aromatic rings. The molecule has 2 heterocycles. The van der Waals surface area contributed by atoms with E-state index in [4.69, 9.17) is 0 Å². The van der Waals surface area contributed by atoms with E-state index in [1.165, 1.54) is 27.8 Å². The molecule has 1 aromatic carbocycles. The first-order chi connectivity index (χ1) is 11.8. The number of likely N-dealkylation sites (tertiary alicyclic amines) is 1. The molecule has 7 heteroatoms. The van der Waals surface area contributed by atoms with Crippen LogP contribution in [-0.2, 0) is 11.3 Å². The smallest absolute Gasteiger partial charge is 0.251 e. The third kappa shape index (κ3) is 3.61. The largest absolute Gasteiger partial charge is 0.391 e. The van der Waals surface area contributed by atoms with Crippen molar-refractivity contribution in [3.8, 4) is 0 Å². The Morgan fingerprint density at radius 3 is 2.68 bits per heavy atom. The van der Waals surface area contributed by atoms with Crippen molar-refractivity contribution < 1.29 is 18.7 Å². The summed E-state index contributed by atoms with van der Waals surface area (Å²) in [5.41, 5.74) is 0.919. The van der Waals surface area contributed by atoms with Crippen LogP contribution in [0.25, 0.3) is 0 Å². The Morgan fingerprint density at radius 1 is 1.24 bits per heavy atom. The third-order valence-electron chi connectivity index (χ3n) is 4.38. The van der Waals surface area contributed by atoms with Crippen LogP contribution in [0.2, 0.25) is 0 Å². The van der Waals surface area contributed by atoms with E-state index in [9.17, 15) is 23.5 Å². The lowest BCUT2D eigenvalue weighted by Crippen LogP contribution is -2.36. The number of carbonyl (C=O) groups is 1. The Hall–Kier alpha value is -2.54. The van der Waals surface area contributed by atoms with E-state index in [2.05, 4.69) is 0 Å². The highest BCUT2D eigenvalue weighted by atomic mass is 19.2. The molecule has 1 aliphatic rings. The van der Waals surface area contributed by atoms with Crippen LogP contribution in [0.15, 0.2) is 41.3 Å². The van der Waals surface area contributed by atoms with E-state index >= 15 is 0 Å². The molecule has 0 bridgehead atoms. The number of rotatable bonds is 3. The van der Waals surface area contributed by atoms with Crippen molar-refractivity contribution in [2.75, 3.05) is 6.54 Å². The van der Waals surface area contributed by atoms with Gasteiger partial charge in [-0.25, -0.2) is 8.78 Å². The van der Waals surface area contributed by atoms with Gasteiger partial charge in [-0.1, -0.05) is 6.07 Å². The van der Waals surface area contributed by atoms with Crippen LogP contribution in [0.4, 0.5) is 8.78 Å². The maximum absolute atomic E-state index is 13.5. The quantitative estimate of drug-likeness (QED) is 0.920. The number of aliphatic hydroxyl groups is 1. The molecule has 0 saturated carbocycles. The van der Waals surface area contributed by atoms with Gasteiger partial charge in [-0.05, 0) is 42.7 Å². The summed E-state index contributed by atoms with van der Waals surface area (Å²) in [4.78, 5) is 26.0. The Balaban J connectivity index is 1.84. The number of aliphatic hydroxyl groups excluding tert-OH is 1. The van der Waals surface area contributed by atoms with Crippen LogP contribution >= 0.6 is 0 Å². The molecular formula is C18H18F2N2O3. The van der Waals surface area contributed by atoms with E-state index in [1.807, 2.05) is 0 Å². The van der Waals surface area contributed by atoms with Gasteiger partial charge in [0.05, 0.1) is 12.1 Å². The topological polar surface area (TPSA) is 62.5 Å². The molecule has 1 amide bonds. The fourth-order valence-corrected chi connectivity index (χ4v) is 3.10. The summed E-state index contributed by atoms with van der Waals surface area (Å²) >= 11 is 0. The predicted molar refractivity (Wildman–Crippen MR) is 86.9 cm³/mol. The molecule has 25 heavy (non-hydrogen) atoms. The fourth-order valence-electron chi connectivity index (χ4n) is 3.10. The maximum Gasteiger partial charge on any atom is 0.251 e. The molecule has 2 atom stereocenters. The van der Waals surface area contributed by atoms with Gasteiger partial charge in [0.1, 0.15) is 6.54 Å². The summed E-state index contributed by atoms with van der Waals surface area (Å²) in [6.45, 7) is 1.69. The van der Waals surface area contributed by atoms with Crippen LogP contribution in [0.3, 0.4) is 0 Å². The molecule has 3 rings (SSSR count). The predicted octanol–water partition coefficient (Wildman–Crippen LogP) is 1.77. The minimum atomic E-state index is -0.999. The number of pyridine rings is 1. The van der Waals surface area contributed by atoms with E-state index in [1.54, 1.807) is 13.0 Å². The van der Waals surface area contributed by atoms with Gasteiger partial charge in [0.25, 0.3) is 5.56 Å². The molecule has 1 aliphatic heterocycles. The zero-order chi connectivity index (χ0) is 18.1. The zero-order valence-electron chi connectivity index (χ0n) is 13.7. The van der Waals surface area contributed by atoms with Gasteiger partial charge in [-0.2, -0.15) is 0 Å². The van der Waals surface area contributed by atoms with Gasteiger partial charge in [0, 0.05) is 18.8 Å². The number of aromatic nitrogens is 1. The van der Waals surface area contributed by atoms with Crippen molar-refractivity contribution in [1.82, 2.24) is 9.47 Å². The van der Waals surface area contributed by atoms with Gasteiger partial charge >= 0.3 is 0 Å². The van der Waals surface area contributed by atoms with Gasteiger partial charge < -0.3 is 14.6 Å². The van der Waals surface area contributed by atoms with Crippen LogP contribution in [0.5, 0.6) is 0 Å². The number of carbonyl (C=O) groups excluding carboxylic acids is 1. The number of halogens is 2. The molecule has 1 N–H and O–H groups in total. The number of nitrogens with zero attached hydrogens (tertiary/aromatic N) is 2. The first-order valence-corrected chi connectivity index (χ1v) is 7.94. The summed E-state index contributed by atoms with van der Waals surface area (Å²) in [7, 11) is 0. The monoisotopic (exact) mass is 348 g/mol. The minimum Gasteiger partial charge on any atom is -0.391 e. The van der Waals surface area contributed by atoms with Crippen molar-refractivity contribution in [2.45, 2.75) is 32.0 Å². The lowest BCUT2D eigenvalue weighted by atomic mass is 10.0. The fraction of sp³-hybridized carbons (Fsp3) is 0.333. The number of hydrogen-bond donors (Lipinski definition) is 1. The summed E-state index contributed by atoms with van der Waals surface area (Å²) in [5, 5.41) is 9.93. The second-order valence-electron chi connectivity index (χ2n) is 6.30. The molecule has 0 aliphatic carbocycles. The SMILES string of the molecule is Cc1ccn(CC(=O)N2C[C@H](O)C[C@@H]2c2ccc(F)c(F)c2)c(=O)c1. The first-order valence-electron chi connectivity index (χ1n) is 7.94. The lowest BCUT2D eigenvalue weighted by molar-refractivity contribution is -0.133. The molecule has 0 radical (unpaired) electrons. The Kier molecular flexibility index (Phi) is 4.67. The molecule has 1 aromatic heterocycles. The van der Waals surface area contributed by atoms with Gasteiger partial charge in [0.2, 0.25) is 5.91 Å². The number of β-amino-alcohol motifs (C(OH)–C–C–N with tert-alkyl or cyclic N) is 1. The van der Waals surface area contributed by atoms with Crippen molar-refractivity contribution >= 4 is 5.91 Å². The van der Waals surface area contributed by atoms with E-state index < -0.39 is 23.8 Å². The van der Waals surface area contributed by atoms with E-state index in [0.717, 1.165) is 17.7 Å². The standard InChI is InChI=1S/C18H18F2N2O3/c1-11-4-5-21(17(24)6-11)10-18(25)22-9-13(23)8-16(22)12-2-3-14(19)15(20)7-12/h2-7,13,16,23H,8-10H2,1H3/t13-,16-/m1/s1. The van der Waals surface area contributed by atoms with Crippen LogP contribution in [0.1, 0.15) is 23.6 Å². The van der Waals surface area contributed by atoms with Crippen molar-refractivity contribution in [3.63, 3.8) is 0 Å². The van der Waals surface area contributed by atoms with Crippen molar-refractivity contribution in [2.24, 2.45) is 0 Å². The highest BCUT2D eigenvalue weighted by Crippen LogP contribution is 2.33. The summed E-state index contributed by atoms with van der Waals surface area (Å²) in [6.07, 6.45) is 1.02. The average molecular weight is 348 g/mol. The highest BCUT2D eigenvalue weighted by molar-refractivity contribution is 5.77. The molecule has 5 nitrogen and oxygen atoms in total. The number of amides is 1. The number of benzene rings is 1. The van der Waals surface area contributed by atoms with E-state index in [-0.39, 0.29) is 31.0 Å². The Morgan fingerprint density at radius 2 is 2.00 bits per heavy atom. The maximum atomic E-state index is 13.5. The van der Waals surface area contributed by atoms with E-state index in [0.29, 0.717) is 5.56 Å². The number of hydrogen-bond acceptors (Lipinski definition) is 3. The van der Waals surface area contributed by atoms with Gasteiger partial charge in [0.15, 0.2) is 11.6 Å². The molecular weight excluding hydrogens is 330 g/mol. The summed E-state index contributed by atoms with van der Waals surface area (Å²) in [6, 6.07) is 6.04. The van der Waals surface area contributed by atoms with Crippen LogP contribution in [-0.4, -0.2) is 33.1 Å². The second kappa shape index (κ2) is 6.76. The van der Waals surface area contributed by atoms with Crippen LogP contribution in [0, 0.1) is 18.6 Å². The highest BCUT2D eigenvalue weighted by Gasteiger charge is 2.35. The molecule has 0 spiro atoms. The minimum absolute atomic E-state index is 0.0864. The van der Waals surface area contributed by atoms with Crippen molar-refractivity contribution in [1.29, 1.82) is 0 Å². The second-order valence-corrected chi connectivity index (χ2v) is 6.30. The van der Waals surface area contributed by atoms with Gasteiger partial charge in [-0.3, -0.25) is 9.59 Å². The van der Waals surface area contributed by atoms with Crippen LogP contribution < -0.4 is 5.56 Å². The van der Waals surface area contributed by atoms with Gasteiger partial charge in [-0.15, -0.1) is 0 Å². The Labute approximate surface area is 143 Å².